The Labute approximate surface area is 164 Å². The predicted octanol–water partition coefficient (Wildman–Crippen LogP) is 2.83. The van der Waals surface area contributed by atoms with E-state index in [2.05, 4.69) is 31.3 Å². The molecule has 3 atom stereocenters. The van der Waals surface area contributed by atoms with Crippen molar-refractivity contribution in [2.45, 2.75) is 65.3 Å². The summed E-state index contributed by atoms with van der Waals surface area (Å²) in [6.45, 7) is 11.2. The first-order valence-corrected chi connectivity index (χ1v) is 9.93. The van der Waals surface area contributed by atoms with Crippen LogP contribution in [0.1, 0.15) is 46.6 Å². The smallest absolute Gasteiger partial charge is 0.244 e. The van der Waals surface area contributed by atoms with Gasteiger partial charge >= 0.3 is 0 Å². The van der Waals surface area contributed by atoms with Crippen molar-refractivity contribution in [3.8, 4) is 0 Å². The lowest BCUT2D eigenvalue weighted by atomic mass is 9.69. The summed E-state index contributed by atoms with van der Waals surface area (Å²) in [6.07, 6.45) is 1.15. The van der Waals surface area contributed by atoms with Crippen LogP contribution in [0.4, 0.5) is 0 Å². The molecular weight excluding hydrogens is 340 g/mol. The monoisotopic (exact) mass is 376 g/mol. The van der Waals surface area contributed by atoms with E-state index in [1.54, 1.807) is 7.11 Å². The molecule has 1 fully saturated rings. The number of aryl methyl sites for hydroxylation is 1. The topological polar surface area (TPSA) is 61.8 Å². The number of nitrogens with zero attached hydrogens (tertiary/aromatic N) is 1. The molecule has 0 aliphatic carbocycles. The standard InChI is InChI=1S/C22H36N2O3/c1-16(2)19-23-18(20(25)24(19)14-15-27-6)22(26,21(3,4)5)13-12-17-10-8-7-9-11-17/h7-11,16,18-19,23,26H,12-15H2,1-6H3/t18-,19?,22+/m1/s1. The van der Waals surface area contributed by atoms with Crippen LogP contribution in [0.3, 0.4) is 0 Å². The van der Waals surface area contributed by atoms with E-state index < -0.39 is 17.1 Å². The lowest BCUT2D eigenvalue weighted by Crippen LogP contribution is -2.60. The van der Waals surface area contributed by atoms with E-state index in [0.717, 1.165) is 6.42 Å². The van der Waals surface area contributed by atoms with Crippen LogP contribution in [0.25, 0.3) is 0 Å². The maximum atomic E-state index is 13.3. The fourth-order valence-electron chi connectivity index (χ4n) is 3.90. The third-order valence-electron chi connectivity index (χ3n) is 5.78. The second-order valence-corrected chi connectivity index (χ2v) is 8.97. The molecule has 2 rings (SSSR count). The highest BCUT2D eigenvalue weighted by molar-refractivity contribution is 5.86. The van der Waals surface area contributed by atoms with Gasteiger partial charge in [-0.05, 0) is 29.7 Å². The van der Waals surface area contributed by atoms with Crippen LogP contribution in [-0.2, 0) is 16.0 Å². The molecule has 1 aromatic rings. The molecule has 1 aliphatic heterocycles. The lowest BCUT2D eigenvalue weighted by Gasteiger charge is -2.44. The minimum absolute atomic E-state index is 0.0313. The summed E-state index contributed by atoms with van der Waals surface area (Å²) in [7, 11) is 1.64. The van der Waals surface area contributed by atoms with Crippen molar-refractivity contribution in [1.82, 2.24) is 10.2 Å². The number of methoxy groups -OCH3 is 1. The van der Waals surface area contributed by atoms with Crippen LogP contribution in [-0.4, -0.2) is 54.0 Å². The number of aliphatic hydroxyl groups is 1. The summed E-state index contributed by atoms with van der Waals surface area (Å²) in [5.41, 5.74) is -0.440. The molecule has 2 N–H and O–H groups in total. The first-order chi connectivity index (χ1) is 12.6. The Morgan fingerprint density at radius 1 is 1.22 bits per heavy atom. The van der Waals surface area contributed by atoms with E-state index in [4.69, 9.17) is 4.74 Å². The van der Waals surface area contributed by atoms with Gasteiger partial charge in [-0.15, -0.1) is 0 Å². The molecule has 0 aromatic heterocycles. The number of carbonyl (C=O) groups excluding carboxylic acids is 1. The van der Waals surface area contributed by atoms with Gasteiger partial charge in [0, 0.05) is 13.7 Å². The molecule has 5 nitrogen and oxygen atoms in total. The van der Waals surface area contributed by atoms with E-state index in [-0.39, 0.29) is 18.0 Å². The SMILES string of the molecule is COCCN1C(=O)[C@H]([C@@](O)(CCc2ccccc2)C(C)(C)C)NC1C(C)C. The maximum absolute atomic E-state index is 13.3. The zero-order chi connectivity index (χ0) is 20.2. The zero-order valence-corrected chi connectivity index (χ0v) is 17.7. The minimum Gasteiger partial charge on any atom is -0.387 e. The highest BCUT2D eigenvalue weighted by Crippen LogP contribution is 2.40. The van der Waals surface area contributed by atoms with Crippen molar-refractivity contribution in [3.05, 3.63) is 35.9 Å². The Bertz CT molecular complexity index is 612. The normalized spacial score (nSPS) is 23.1. The van der Waals surface area contributed by atoms with Crippen molar-refractivity contribution in [1.29, 1.82) is 0 Å². The van der Waals surface area contributed by atoms with Crippen molar-refractivity contribution in [3.63, 3.8) is 0 Å². The molecule has 1 saturated heterocycles. The Morgan fingerprint density at radius 3 is 2.37 bits per heavy atom. The van der Waals surface area contributed by atoms with Crippen LogP contribution in [0, 0.1) is 11.3 Å². The zero-order valence-electron chi connectivity index (χ0n) is 17.7. The Hall–Kier alpha value is -1.43. The molecule has 0 bridgehead atoms. The van der Waals surface area contributed by atoms with Gasteiger partial charge in [-0.25, -0.2) is 0 Å². The average Bonchev–Trinajstić information content (AvgIpc) is 2.95. The molecule has 5 heteroatoms. The van der Waals surface area contributed by atoms with Gasteiger partial charge in [0.05, 0.1) is 18.4 Å². The largest absolute Gasteiger partial charge is 0.387 e. The van der Waals surface area contributed by atoms with Crippen LogP contribution in [0.5, 0.6) is 0 Å². The number of carbonyl (C=O) groups is 1. The van der Waals surface area contributed by atoms with E-state index in [0.29, 0.717) is 19.6 Å². The average molecular weight is 377 g/mol. The number of hydrogen-bond donors (Lipinski definition) is 2. The van der Waals surface area contributed by atoms with Crippen molar-refractivity contribution < 1.29 is 14.6 Å². The van der Waals surface area contributed by atoms with Crippen LogP contribution in [0.2, 0.25) is 0 Å². The van der Waals surface area contributed by atoms with Crippen molar-refractivity contribution in [2.24, 2.45) is 11.3 Å². The van der Waals surface area contributed by atoms with Gasteiger partial charge in [0.2, 0.25) is 5.91 Å². The molecule has 0 saturated carbocycles. The molecule has 1 aliphatic rings. The third-order valence-corrected chi connectivity index (χ3v) is 5.78. The van der Waals surface area contributed by atoms with E-state index in [9.17, 15) is 9.90 Å². The third kappa shape index (κ3) is 4.71. The molecule has 1 unspecified atom stereocenters. The first kappa shape index (κ1) is 21.9. The minimum atomic E-state index is -1.16. The molecule has 1 heterocycles. The Morgan fingerprint density at radius 2 is 1.85 bits per heavy atom. The summed E-state index contributed by atoms with van der Waals surface area (Å²) in [5.74, 6) is 0.213. The second-order valence-electron chi connectivity index (χ2n) is 8.97. The van der Waals surface area contributed by atoms with Gasteiger partial charge in [-0.3, -0.25) is 10.1 Å². The van der Waals surface area contributed by atoms with E-state index in [1.165, 1.54) is 5.56 Å². The van der Waals surface area contributed by atoms with Crippen LogP contribution < -0.4 is 5.32 Å². The van der Waals surface area contributed by atoms with Gasteiger partial charge in [-0.1, -0.05) is 65.0 Å². The fourth-order valence-corrected chi connectivity index (χ4v) is 3.90. The van der Waals surface area contributed by atoms with Crippen LogP contribution >= 0.6 is 0 Å². The molecule has 1 amide bonds. The van der Waals surface area contributed by atoms with Gasteiger partial charge < -0.3 is 14.7 Å². The summed E-state index contributed by atoms with van der Waals surface area (Å²) < 4.78 is 5.19. The van der Waals surface area contributed by atoms with E-state index >= 15 is 0 Å². The maximum Gasteiger partial charge on any atom is 0.244 e. The summed E-state index contributed by atoms with van der Waals surface area (Å²) >= 11 is 0. The Balaban J connectivity index is 2.28. The molecule has 152 valence electrons. The van der Waals surface area contributed by atoms with Crippen molar-refractivity contribution >= 4 is 5.91 Å². The van der Waals surface area contributed by atoms with Crippen molar-refractivity contribution in [2.75, 3.05) is 20.3 Å². The van der Waals surface area contributed by atoms with Gasteiger partial charge in [0.1, 0.15) is 6.04 Å². The van der Waals surface area contributed by atoms with Gasteiger partial charge in [0.25, 0.3) is 0 Å². The Kier molecular flexibility index (Phi) is 7.06. The molecule has 0 radical (unpaired) electrons. The first-order valence-electron chi connectivity index (χ1n) is 9.93. The number of ether oxygens (including phenoxy) is 1. The van der Waals surface area contributed by atoms with E-state index in [1.807, 2.05) is 43.9 Å². The number of hydrogen-bond acceptors (Lipinski definition) is 4. The highest BCUT2D eigenvalue weighted by atomic mass is 16.5. The summed E-state index contributed by atoms with van der Waals surface area (Å²) in [5, 5.41) is 15.2. The van der Waals surface area contributed by atoms with Gasteiger partial charge in [0.15, 0.2) is 0 Å². The molecule has 1 aromatic carbocycles. The van der Waals surface area contributed by atoms with Gasteiger partial charge in [-0.2, -0.15) is 0 Å². The quantitative estimate of drug-likeness (QED) is 0.732. The highest BCUT2D eigenvalue weighted by Gasteiger charge is 2.55. The number of benzene rings is 1. The molecular formula is C22H36N2O3. The second kappa shape index (κ2) is 8.72. The summed E-state index contributed by atoms with van der Waals surface area (Å²) in [4.78, 5) is 15.1. The number of amides is 1. The van der Waals surface area contributed by atoms with Crippen LogP contribution in [0.15, 0.2) is 30.3 Å². The lowest BCUT2D eigenvalue weighted by molar-refractivity contribution is -0.143. The molecule has 27 heavy (non-hydrogen) atoms. The predicted molar refractivity (Wildman–Crippen MR) is 108 cm³/mol. The number of rotatable bonds is 8. The molecule has 0 spiro atoms. The summed E-state index contributed by atoms with van der Waals surface area (Å²) in [6, 6.07) is 9.51. The fraction of sp³-hybridized carbons (Fsp3) is 0.682. The number of nitrogens with one attached hydrogen (secondary N) is 1.